The lowest BCUT2D eigenvalue weighted by Gasteiger charge is -2.08. The Morgan fingerprint density at radius 3 is 2.57 bits per heavy atom. The molecule has 108 valence electrons. The predicted molar refractivity (Wildman–Crippen MR) is 84.6 cm³/mol. The van der Waals surface area contributed by atoms with Gasteiger partial charge in [0.2, 0.25) is 5.91 Å². The van der Waals surface area contributed by atoms with Crippen LogP contribution < -0.4 is 5.32 Å². The Balaban J connectivity index is 2.12. The molecular weight excluding hydrogens is 334 g/mol. The second kappa shape index (κ2) is 6.54. The van der Waals surface area contributed by atoms with Crippen molar-refractivity contribution in [3.63, 3.8) is 0 Å². The third-order valence-electron chi connectivity index (χ3n) is 3.09. The number of aromatic carboxylic acids is 1. The van der Waals surface area contributed by atoms with Crippen molar-refractivity contribution in [3.8, 4) is 0 Å². The number of hydrogen-bond acceptors (Lipinski definition) is 2. The van der Waals surface area contributed by atoms with Crippen LogP contribution >= 0.6 is 15.9 Å². The molecule has 0 aliphatic rings. The molecule has 0 saturated carbocycles. The zero-order valence-corrected chi connectivity index (χ0v) is 13.0. The number of carboxylic acid groups (broad SMARTS) is 1. The van der Waals surface area contributed by atoms with E-state index in [1.165, 1.54) is 6.07 Å². The number of carbonyl (C=O) groups excluding carboxylic acids is 1. The average molecular weight is 348 g/mol. The first-order valence-corrected chi connectivity index (χ1v) is 7.14. The summed E-state index contributed by atoms with van der Waals surface area (Å²) in [7, 11) is 0. The highest BCUT2D eigenvalue weighted by molar-refractivity contribution is 9.10. The standard InChI is InChI=1S/C16H14BrNO3/c1-10-4-2-3-5-11(10)8-15(19)18-12-6-7-14(17)13(9-12)16(20)21/h2-7,9H,8H2,1H3,(H,18,19)(H,20,21). The predicted octanol–water partition coefficient (Wildman–Crippen LogP) is 3.64. The van der Waals surface area contributed by atoms with Gasteiger partial charge in [0.15, 0.2) is 0 Å². The largest absolute Gasteiger partial charge is 0.478 e. The molecule has 2 aromatic rings. The van der Waals surface area contributed by atoms with E-state index >= 15 is 0 Å². The normalized spacial score (nSPS) is 10.2. The first kappa shape index (κ1) is 15.3. The summed E-state index contributed by atoms with van der Waals surface area (Å²) in [6.07, 6.45) is 0.255. The Morgan fingerprint density at radius 2 is 1.90 bits per heavy atom. The summed E-state index contributed by atoms with van der Waals surface area (Å²) in [6.45, 7) is 1.95. The number of rotatable bonds is 4. The Morgan fingerprint density at radius 1 is 1.19 bits per heavy atom. The molecule has 0 spiro atoms. The zero-order chi connectivity index (χ0) is 15.4. The highest BCUT2D eigenvalue weighted by atomic mass is 79.9. The lowest BCUT2D eigenvalue weighted by atomic mass is 10.1. The van der Waals surface area contributed by atoms with Crippen molar-refractivity contribution in [1.82, 2.24) is 0 Å². The first-order valence-electron chi connectivity index (χ1n) is 6.34. The van der Waals surface area contributed by atoms with Crippen LogP contribution in [0.5, 0.6) is 0 Å². The van der Waals surface area contributed by atoms with Gasteiger partial charge in [-0.05, 0) is 52.2 Å². The van der Waals surface area contributed by atoms with Crippen LogP contribution in [-0.4, -0.2) is 17.0 Å². The second-order valence-corrected chi connectivity index (χ2v) is 5.51. The molecule has 0 fully saturated rings. The molecule has 4 nitrogen and oxygen atoms in total. The van der Waals surface area contributed by atoms with Crippen LogP contribution in [0.15, 0.2) is 46.9 Å². The van der Waals surface area contributed by atoms with Crippen molar-refractivity contribution in [2.45, 2.75) is 13.3 Å². The highest BCUT2D eigenvalue weighted by Gasteiger charge is 2.11. The van der Waals surface area contributed by atoms with Gasteiger partial charge in [0.25, 0.3) is 0 Å². The summed E-state index contributed by atoms with van der Waals surface area (Å²) >= 11 is 3.17. The van der Waals surface area contributed by atoms with Crippen molar-refractivity contribution in [2.75, 3.05) is 5.32 Å². The Kier molecular flexibility index (Phi) is 4.75. The van der Waals surface area contributed by atoms with Gasteiger partial charge < -0.3 is 10.4 Å². The summed E-state index contributed by atoms with van der Waals surface area (Å²) in [5.74, 6) is -1.22. The molecule has 2 aromatic carbocycles. The van der Waals surface area contributed by atoms with Gasteiger partial charge in [-0.1, -0.05) is 24.3 Å². The van der Waals surface area contributed by atoms with Crippen LogP contribution in [0.2, 0.25) is 0 Å². The number of anilines is 1. The Hall–Kier alpha value is -2.14. The summed E-state index contributed by atoms with van der Waals surface area (Å²) in [6, 6.07) is 12.4. The summed E-state index contributed by atoms with van der Waals surface area (Å²) in [5, 5.41) is 11.8. The van der Waals surface area contributed by atoms with Crippen molar-refractivity contribution in [3.05, 3.63) is 63.6 Å². The van der Waals surface area contributed by atoms with Crippen molar-refractivity contribution < 1.29 is 14.7 Å². The van der Waals surface area contributed by atoms with Crippen LogP contribution in [0.25, 0.3) is 0 Å². The summed E-state index contributed by atoms with van der Waals surface area (Å²) in [5.41, 5.74) is 2.58. The van der Waals surface area contributed by atoms with Crippen LogP contribution in [0.3, 0.4) is 0 Å². The number of carbonyl (C=O) groups is 2. The van der Waals surface area contributed by atoms with E-state index in [1.807, 2.05) is 31.2 Å². The van der Waals surface area contributed by atoms with Gasteiger partial charge in [-0.2, -0.15) is 0 Å². The third kappa shape index (κ3) is 3.92. The van der Waals surface area contributed by atoms with Crippen LogP contribution in [-0.2, 0) is 11.2 Å². The minimum absolute atomic E-state index is 0.115. The maximum Gasteiger partial charge on any atom is 0.336 e. The molecule has 2 N–H and O–H groups in total. The van der Waals surface area contributed by atoms with Crippen molar-refractivity contribution in [1.29, 1.82) is 0 Å². The molecule has 0 saturated heterocycles. The molecule has 0 atom stereocenters. The van der Waals surface area contributed by atoms with Gasteiger partial charge in [0.05, 0.1) is 12.0 Å². The number of aryl methyl sites for hydroxylation is 1. The maximum atomic E-state index is 12.0. The van der Waals surface area contributed by atoms with Gasteiger partial charge in [-0.3, -0.25) is 4.79 Å². The average Bonchev–Trinajstić information content (AvgIpc) is 2.43. The zero-order valence-electron chi connectivity index (χ0n) is 11.4. The molecule has 0 bridgehead atoms. The van der Waals surface area contributed by atoms with E-state index in [0.717, 1.165) is 11.1 Å². The fourth-order valence-corrected chi connectivity index (χ4v) is 2.37. The van der Waals surface area contributed by atoms with Crippen LogP contribution in [0.4, 0.5) is 5.69 Å². The Bertz CT molecular complexity index is 698. The highest BCUT2D eigenvalue weighted by Crippen LogP contribution is 2.21. The summed E-state index contributed by atoms with van der Waals surface area (Å²) < 4.78 is 0.479. The monoisotopic (exact) mass is 347 g/mol. The van der Waals surface area contributed by atoms with Gasteiger partial charge in [-0.25, -0.2) is 4.79 Å². The third-order valence-corrected chi connectivity index (χ3v) is 3.78. The molecule has 0 unspecified atom stereocenters. The van der Waals surface area contributed by atoms with E-state index < -0.39 is 5.97 Å². The van der Waals surface area contributed by atoms with Crippen molar-refractivity contribution >= 4 is 33.5 Å². The number of halogens is 1. The van der Waals surface area contributed by atoms with Gasteiger partial charge >= 0.3 is 5.97 Å². The van der Waals surface area contributed by atoms with Gasteiger partial charge in [-0.15, -0.1) is 0 Å². The maximum absolute atomic E-state index is 12.0. The topological polar surface area (TPSA) is 66.4 Å². The van der Waals surface area contributed by atoms with Crippen LogP contribution in [0, 0.1) is 6.92 Å². The minimum Gasteiger partial charge on any atom is -0.478 e. The molecule has 2 rings (SSSR count). The first-order chi connectivity index (χ1) is 9.97. The molecule has 1 amide bonds. The van der Waals surface area contributed by atoms with Gasteiger partial charge in [0, 0.05) is 10.2 Å². The van der Waals surface area contributed by atoms with Gasteiger partial charge in [0.1, 0.15) is 0 Å². The second-order valence-electron chi connectivity index (χ2n) is 4.65. The fraction of sp³-hybridized carbons (Fsp3) is 0.125. The molecule has 21 heavy (non-hydrogen) atoms. The fourth-order valence-electron chi connectivity index (χ4n) is 1.95. The lowest BCUT2D eigenvalue weighted by Crippen LogP contribution is -2.15. The van der Waals surface area contributed by atoms with E-state index in [-0.39, 0.29) is 17.9 Å². The molecule has 0 aromatic heterocycles. The molecule has 5 heteroatoms. The van der Waals surface area contributed by atoms with E-state index in [2.05, 4.69) is 21.2 Å². The lowest BCUT2D eigenvalue weighted by molar-refractivity contribution is -0.115. The van der Waals surface area contributed by atoms with E-state index in [1.54, 1.807) is 12.1 Å². The smallest absolute Gasteiger partial charge is 0.336 e. The molecule has 0 aliphatic carbocycles. The van der Waals surface area contributed by atoms with Crippen LogP contribution in [0.1, 0.15) is 21.5 Å². The summed E-state index contributed by atoms with van der Waals surface area (Å²) in [4.78, 5) is 23.1. The SMILES string of the molecule is Cc1ccccc1CC(=O)Nc1ccc(Br)c(C(=O)O)c1. The van der Waals surface area contributed by atoms with E-state index in [4.69, 9.17) is 5.11 Å². The number of benzene rings is 2. The van der Waals surface area contributed by atoms with Crippen molar-refractivity contribution in [2.24, 2.45) is 0 Å². The Labute approximate surface area is 130 Å². The van der Waals surface area contributed by atoms with E-state index in [9.17, 15) is 9.59 Å². The number of carboxylic acids is 1. The number of amides is 1. The quantitative estimate of drug-likeness (QED) is 0.887. The molecule has 0 heterocycles. The molecule has 0 aliphatic heterocycles. The van der Waals surface area contributed by atoms with E-state index in [0.29, 0.717) is 10.2 Å². The number of nitrogens with one attached hydrogen (secondary N) is 1. The molecule has 0 radical (unpaired) electrons. The minimum atomic E-state index is -1.04. The molecular formula is C16H14BrNO3. The number of hydrogen-bond donors (Lipinski definition) is 2.